The second-order valence-electron chi connectivity index (χ2n) is 21.8. The van der Waals surface area contributed by atoms with Gasteiger partial charge in [0.05, 0.1) is 0 Å². The first kappa shape index (κ1) is 66.4. The highest BCUT2D eigenvalue weighted by Crippen LogP contribution is 2.19. The van der Waals surface area contributed by atoms with Crippen LogP contribution >= 0.6 is 0 Å². The highest BCUT2D eigenvalue weighted by atomic mass is 16.6. The molecule has 0 aromatic rings. The van der Waals surface area contributed by atoms with Crippen molar-refractivity contribution in [3.05, 3.63) is 0 Å². The first-order valence-corrected chi connectivity index (χ1v) is 30.8. The van der Waals surface area contributed by atoms with Gasteiger partial charge in [-0.3, -0.25) is 14.4 Å². The van der Waals surface area contributed by atoms with Gasteiger partial charge in [0.25, 0.3) is 0 Å². The number of hydrogen-bond donors (Lipinski definition) is 0. The summed E-state index contributed by atoms with van der Waals surface area (Å²) < 4.78 is 16.9. The molecule has 404 valence electrons. The third-order valence-corrected chi connectivity index (χ3v) is 14.9. The number of unbranched alkanes of at least 4 members (excludes halogenated alkanes) is 39. The minimum Gasteiger partial charge on any atom is -0.462 e. The molecule has 6 nitrogen and oxygen atoms in total. The summed E-state index contributed by atoms with van der Waals surface area (Å²) in [5.41, 5.74) is 0. The maximum Gasteiger partial charge on any atom is 0.306 e. The van der Waals surface area contributed by atoms with Crippen LogP contribution in [0.3, 0.4) is 0 Å². The SMILES string of the molecule is CCCCCCCCCCCCCCCCC(=O)OC[C@@H](COC(=O)CCCCCCCCCCCCC(C)CC)OC(=O)CCCCCCCCCCCCCCCCCCCCC(C)CC. The minimum atomic E-state index is -0.763. The van der Waals surface area contributed by atoms with Crippen LogP contribution in [0.5, 0.6) is 0 Å². The molecule has 0 fully saturated rings. The first-order valence-electron chi connectivity index (χ1n) is 30.8. The topological polar surface area (TPSA) is 78.9 Å². The molecule has 0 radical (unpaired) electrons. The Morgan fingerprint density at radius 1 is 0.294 bits per heavy atom. The van der Waals surface area contributed by atoms with E-state index in [9.17, 15) is 14.4 Å². The highest BCUT2D eigenvalue weighted by Gasteiger charge is 2.19. The summed E-state index contributed by atoms with van der Waals surface area (Å²) in [7, 11) is 0. The van der Waals surface area contributed by atoms with E-state index in [1.165, 1.54) is 238 Å². The van der Waals surface area contributed by atoms with E-state index >= 15 is 0 Å². The monoisotopic (exact) mass is 961 g/mol. The zero-order valence-corrected chi connectivity index (χ0v) is 46.7. The van der Waals surface area contributed by atoms with Gasteiger partial charge in [0.15, 0.2) is 6.10 Å². The lowest BCUT2D eigenvalue weighted by Crippen LogP contribution is -2.30. The van der Waals surface area contributed by atoms with Crippen LogP contribution in [0.1, 0.15) is 349 Å². The van der Waals surface area contributed by atoms with E-state index < -0.39 is 6.10 Å². The molecule has 0 aromatic heterocycles. The molecule has 2 unspecified atom stereocenters. The van der Waals surface area contributed by atoms with Crippen LogP contribution in [-0.2, 0) is 28.6 Å². The number of esters is 3. The predicted octanol–water partition coefficient (Wildman–Crippen LogP) is 20.4. The Labute approximate surface area is 425 Å². The molecule has 0 spiro atoms. The predicted molar refractivity (Wildman–Crippen MR) is 293 cm³/mol. The van der Waals surface area contributed by atoms with E-state index in [1.807, 2.05) is 0 Å². The average molecular weight is 962 g/mol. The molecule has 6 heteroatoms. The summed E-state index contributed by atoms with van der Waals surface area (Å²) in [6, 6.07) is 0. The van der Waals surface area contributed by atoms with E-state index in [-0.39, 0.29) is 31.1 Å². The highest BCUT2D eigenvalue weighted by molar-refractivity contribution is 5.71. The fraction of sp³-hybridized carbons (Fsp3) is 0.952. The van der Waals surface area contributed by atoms with Crippen molar-refractivity contribution in [2.24, 2.45) is 11.8 Å². The van der Waals surface area contributed by atoms with Crippen molar-refractivity contribution < 1.29 is 28.6 Å². The molecule has 0 saturated heterocycles. The summed E-state index contributed by atoms with van der Waals surface area (Å²) >= 11 is 0. The fourth-order valence-electron chi connectivity index (χ4n) is 9.52. The quantitative estimate of drug-likeness (QED) is 0.0343. The van der Waals surface area contributed by atoms with Crippen molar-refractivity contribution in [1.29, 1.82) is 0 Å². The van der Waals surface area contributed by atoms with Gasteiger partial charge in [-0.05, 0) is 31.1 Å². The van der Waals surface area contributed by atoms with Gasteiger partial charge in [-0.25, -0.2) is 0 Å². The smallest absolute Gasteiger partial charge is 0.306 e. The summed E-state index contributed by atoms with van der Waals surface area (Å²) in [4.78, 5) is 38.2. The number of carbonyl (C=O) groups excluding carboxylic acids is 3. The Bertz CT molecular complexity index is 1040. The number of rotatable bonds is 56. The zero-order valence-electron chi connectivity index (χ0n) is 46.7. The van der Waals surface area contributed by atoms with E-state index in [0.717, 1.165) is 69.6 Å². The first-order chi connectivity index (χ1) is 33.3. The van der Waals surface area contributed by atoms with Gasteiger partial charge in [-0.15, -0.1) is 0 Å². The summed E-state index contributed by atoms with van der Waals surface area (Å²) in [6.07, 6.45) is 59.4. The Hall–Kier alpha value is -1.59. The Balaban J connectivity index is 4.26. The molecule has 0 bridgehead atoms. The largest absolute Gasteiger partial charge is 0.462 e. The van der Waals surface area contributed by atoms with E-state index in [1.54, 1.807) is 0 Å². The zero-order chi connectivity index (χ0) is 49.6. The lowest BCUT2D eigenvalue weighted by atomic mass is 9.99. The normalized spacial score (nSPS) is 12.8. The Morgan fingerprint density at radius 2 is 0.515 bits per heavy atom. The number of ether oxygens (including phenoxy) is 3. The van der Waals surface area contributed by atoms with Crippen LogP contribution in [0.25, 0.3) is 0 Å². The maximum absolute atomic E-state index is 12.9. The van der Waals surface area contributed by atoms with E-state index in [2.05, 4.69) is 34.6 Å². The summed E-state index contributed by atoms with van der Waals surface area (Å²) in [5, 5.41) is 0. The van der Waals surface area contributed by atoms with Gasteiger partial charge in [0.1, 0.15) is 13.2 Å². The molecule has 0 aromatic carbocycles. The summed E-state index contributed by atoms with van der Waals surface area (Å²) in [6.45, 7) is 11.5. The third-order valence-electron chi connectivity index (χ3n) is 14.9. The minimum absolute atomic E-state index is 0.0623. The molecule has 0 rings (SSSR count). The molecule has 0 N–H and O–H groups in total. The van der Waals surface area contributed by atoms with Crippen molar-refractivity contribution in [1.82, 2.24) is 0 Å². The van der Waals surface area contributed by atoms with Gasteiger partial charge in [0, 0.05) is 19.3 Å². The molecule has 0 heterocycles. The summed E-state index contributed by atoms with van der Waals surface area (Å²) in [5.74, 6) is 0.943. The second-order valence-corrected chi connectivity index (χ2v) is 21.8. The van der Waals surface area contributed by atoms with Gasteiger partial charge in [0.2, 0.25) is 0 Å². The third kappa shape index (κ3) is 52.2. The standard InChI is InChI=1S/C62H120O6/c1-6-9-10-11-12-13-14-15-23-26-32-37-42-47-52-60(63)66-55-59(56-67-61(64)53-48-43-38-33-29-28-31-36-41-46-51-58(5)8-3)68-62(65)54-49-44-39-34-27-24-21-19-17-16-18-20-22-25-30-35-40-45-50-57(4)7-2/h57-59H,6-56H2,1-5H3/t57?,58?,59-/m0/s1. The van der Waals surface area contributed by atoms with Crippen LogP contribution < -0.4 is 0 Å². The van der Waals surface area contributed by atoms with Crippen molar-refractivity contribution in [3.8, 4) is 0 Å². The van der Waals surface area contributed by atoms with E-state index in [0.29, 0.717) is 19.3 Å². The van der Waals surface area contributed by atoms with Crippen LogP contribution in [0.4, 0.5) is 0 Å². The van der Waals surface area contributed by atoms with E-state index in [4.69, 9.17) is 14.2 Å². The Morgan fingerprint density at radius 3 is 0.765 bits per heavy atom. The molecule has 0 amide bonds. The molecular weight excluding hydrogens is 841 g/mol. The average Bonchev–Trinajstić information content (AvgIpc) is 3.34. The molecule has 68 heavy (non-hydrogen) atoms. The van der Waals surface area contributed by atoms with Crippen LogP contribution in [0, 0.1) is 11.8 Å². The number of carbonyl (C=O) groups is 3. The molecule has 3 atom stereocenters. The van der Waals surface area contributed by atoms with Crippen LogP contribution in [-0.4, -0.2) is 37.2 Å². The van der Waals surface area contributed by atoms with Crippen LogP contribution in [0.2, 0.25) is 0 Å². The molecule has 0 aliphatic rings. The molecule has 0 aliphatic carbocycles. The lowest BCUT2D eigenvalue weighted by molar-refractivity contribution is -0.167. The molecular formula is C62H120O6. The lowest BCUT2D eigenvalue weighted by Gasteiger charge is -2.18. The van der Waals surface area contributed by atoms with Gasteiger partial charge < -0.3 is 14.2 Å². The molecule has 0 aliphatic heterocycles. The van der Waals surface area contributed by atoms with Gasteiger partial charge in [-0.2, -0.15) is 0 Å². The Kier molecular flexibility index (Phi) is 53.5. The maximum atomic E-state index is 12.9. The van der Waals surface area contributed by atoms with Crippen molar-refractivity contribution in [2.75, 3.05) is 13.2 Å². The van der Waals surface area contributed by atoms with Crippen molar-refractivity contribution in [2.45, 2.75) is 355 Å². The second kappa shape index (κ2) is 54.7. The van der Waals surface area contributed by atoms with Crippen LogP contribution in [0.15, 0.2) is 0 Å². The van der Waals surface area contributed by atoms with Crippen molar-refractivity contribution >= 4 is 17.9 Å². The van der Waals surface area contributed by atoms with Gasteiger partial charge >= 0.3 is 17.9 Å². The molecule has 0 saturated carbocycles. The van der Waals surface area contributed by atoms with Gasteiger partial charge in [-0.1, -0.05) is 311 Å². The van der Waals surface area contributed by atoms with Crippen molar-refractivity contribution in [3.63, 3.8) is 0 Å². The number of hydrogen-bond acceptors (Lipinski definition) is 6. The fourth-order valence-corrected chi connectivity index (χ4v) is 9.52.